The third-order valence-electron chi connectivity index (χ3n) is 2.55. The maximum absolute atomic E-state index is 13.0. The minimum absolute atomic E-state index is 0. The fraction of sp³-hybridized carbons (Fsp3) is 0.400. The Morgan fingerprint density at radius 2 is 1.56 bits per heavy atom. The van der Waals surface area contributed by atoms with Gasteiger partial charge in [0.2, 0.25) is 10.0 Å². The van der Waals surface area contributed by atoms with Gasteiger partial charge in [0, 0.05) is 32.2 Å². The summed E-state index contributed by atoms with van der Waals surface area (Å²) in [6.07, 6.45) is 0. The highest BCUT2D eigenvalue weighted by Gasteiger charge is 2.26. The minimum atomic E-state index is -3.79. The highest BCUT2D eigenvalue weighted by molar-refractivity contribution is 7.89. The summed E-state index contributed by atoms with van der Waals surface area (Å²) in [6.45, 7) is 1.69. The number of halogens is 3. The molecule has 1 aromatic rings. The summed E-state index contributed by atoms with van der Waals surface area (Å²) in [4.78, 5) is -0.336. The quantitative estimate of drug-likeness (QED) is 0.885. The number of nitrogens with zero attached hydrogens (tertiary/aromatic N) is 1. The molecule has 1 aliphatic heterocycles. The third kappa shape index (κ3) is 3.17. The summed E-state index contributed by atoms with van der Waals surface area (Å²) in [5.41, 5.74) is 0. The summed E-state index contributed by atoms with van der Waals surface area (Å²) >= 11 is 0. The van der Waals surface area contributed by atoms with Crippen LogP contribution in [-0.4, -0.2) is 38.9 Å². The number of hydrogen-bond donors (Lipinski definition) is 1. The van der Waals surface area contributed by atoms with Crippen molar-refractivity contribution in [2.24, 2.45) is 0 Å². The van der Waals surface area contributed by atoms with E-state index in [2.05, 4.69) is 5.32 Å². The second-order valence-electron chi connectivity index (χ2n) is 3.76. The van der Waals surface area contributed by atoms with Crippen LogP contribution in [0.15, 0.2) is 23.1 Å². The molecule has 0 aromatic heterocycles. The Kier molecular flexibility index (Phi) is 5.03. The monoisotopic (exact) mass is 298 g/mol. The Bertz CT molecular complexity index is 498. The summed E-state index contributed by atoms with van der Waals surface area (Å²) in [6, 6.07) is 2.32. The zero-order chi connectivity index (χ0) is 12.5. The predicted molar refractivity (Wildman–Crippen MR) is 65.2 cm³/mol. The number of sulfonamides is 1. The van der Waals surface area contributed by atoms with Crippen LogP contribution in [0, 0.1) is 11.6 Å². The molecular weight excluding hydrogens is 286 g/mol. The topological polar surface area (TPSA) is 49.4 Å². The van der Waals surface area contributed by atoms with Crippen molar-refractivity contribution in [1.29, 1.82) is 0 Å². The SMILES string of the molecule is Cl.O=S(=O)(c1cc(F)cc(F)c1)N1CCNCC1. The lowest BCUT2D eigenvalue weighted by molar-refractivity contribution is 0.359. The van der Waals surface area contributed by atoms with Gasteiger partial charge in [0.05, 0.1) is 4.90 Å². The Hall–Kier alpha value is -0.760. The molecule has 1 heterocycles. The number of piperazine rings is 1. The van der Waals surface area contributed by atoms with E-state index in [0.717, 1.165) is 12.1 Å². The molecule has 1 aromatic carbocycles. The van der Waals surface area contributed by atoms with E-state index in [4.69, 9.17) is 0 Å². The molecule has 0 spiro atoms. The van der Waals surface area contributed by atoms with Gasteiger partial charge in [0.25, 0.3) is 0 Å². The van der Waals surface area contributed by atoms with E-state index in [-0.39, 0.29) is 17.3 Å². The summed E-state index contributed by atoms with van der Waals surface area (Å²) in [5, 5.41) is 3.01. The molecule has 8 heteroatoms. The van der Waals surface area contributed by atoms with Gasteiger partial charge in [-0.25, -0.2) is 17.2 Å². The molecule has 0 saturated carbocycles. The maximum atomic E-state index is 13.0. The van der Waals surface area contributed by atoms with E-state index in [9.17, 15) is 17.2 Å². The standard InChI is InChI=1S/C10H12F2N2O2S.ClH/c11-8-5-9(12)7-10(6-8)17(15,16)14-3-1-13-2-4-14;/h5-7,13H,1-4H2;1H. The van der Waals surface area contributed by atoms with Crippen LogP contribution in [0.25, 0.3) is 0 Å². The molecule has 0 aliphatic carbocycles. The van der Waals surface area contributed by atoms with Crippen LogP contribution in [0.1, 0.15) is 0 Å². The van der Waals surface area contributed by atoms with Crippen LogP contribution in [-0.2, 0) is 10.0 Å². The van der Waals surface area contributed by atoms with Gasteiger partial charge >= 0.3 is 0 Å². The fourth-order valence-electron chi connectivity index (χ4n) is 1.71. The van der Waals surface area contributed by atoms with Crippen molar-refractivity contribution in [1.82, 2.24) is 9.62 Å². The molecule has 0 unspecified atom stereocenters. The summed E-state index contributed by atoms with van der Waals surface area (Å²) < 4.78 is 51.3. The van der Waals surface area contributed by atoms with Crippen molar-refractivity contribution >= 4 is 22.4 Å². The molecule has 102 valence electrons. The average Bonchev–Trinajstić information content (AvgIpc) is 2.29. The molecular formula is C10H13ClF2N2O2S. The van der Waals surface area contributed by atoms with Crippen LogP contribution < -0.4 is 5.32 Å². The molecule has 1 saturated heterocycles. The normalized spacial score (nSPS) is 17.2. The third-order valence-corrected chi connectivity index (χ3v) is 4.43. The first-order valence-corrected chi connectivity index (χ1v) is 6.61. The molecule has 2 rings (SSSR count). The van der Waals surface area contributed by atoms with E-state index in [1.807, 2.05) is 0 Å². The van der Waals surface area contributed by atoms with Crippen molar-refractivity contribution in [2.75, 3.05) is 26.2 Å². The summed E-state index contributed by atoms with van der Waals surface area (Å²) in [7, 11) is -3.79. The van der Waals surface area contributed by atoms with Gasteiger partial charge in [-0.15, -0.1) is 12.4 Å². The highest BCUT2D eigenvalue weighted by Crippen LogP contribution is 2.18. The average molecular weight is 299 g/mol. The van der Waals surface area contributed by atoms with Crippen LogP contribution in [0.5, 0.6) is 0 Å². The lowest BCUT2D eigenvalue weighted by atomic mass is 10.3. The Balaban J connectivity index is 0.00000162. The fourth-order valence-corrected chi connectivity index (χ4v) is 3.20. The molecule has 0 bridgehead atoms. The summed E-state index contributed by atoms with van der Waals surface area (Å²) in [5.74, 6) is -1.78. The van der Waals surface area contributed by atoms with E-state index in [0.29, 0.717) is 32.2 Å². The van der Waals surface area contributed by atoms with E-state index in [1.165, 1.54) is 4.31 Å². The molecule has 0 amide bonds. The van der Waals surface area contributed by atoms with Gasteiger partial charge in [-0.2, -0.15) is 4.31 Å². The molecule has 0 atom stereocenters. The van der Waals surface area contributed by atoms with Gasteiger partial charge in [-0.05, 0) is 12.1 Å². The van der Waals surface area contributed by atoms with E-state index >= 15 is 0 Å². The molecule has 0 radical (unpaired) electrons. The molecule has 1 fully saturated rings. The first-order valence-electron chi connectivity index (χ1n) is 5.17. The number of nitrogens with one attached hydrogen (secondary N) is 1. The van der Waals surface area contributed by atoms with E-state index < -0.39 is 21.7 Å². The number of rotatable bonds is 2. The van der Waals surface area contributed by atoms with Crippen LogP contribution in [0.4, 0.5) is 8.78 Å². The zero-order valence-corrected chi connectivity index (χ0v) is 11.0. The Labute approximate surface area is 110 Å². The molecule has 1 N–H and O–H groups in total. The van der Waals surface area contributed by atoms with E-state index in [1.54, 1.807) is 0 Å². The number of benzene rings is 1. The number of hydrogen-bond acceptors (Lipinski definition) is 3. The minimum Gasteiger partial charge on any atom is -0.314 e. The lowest BCUT2D eigenvalue weighted by Crippen LogP contribution is -2.46. The highest BCUT2D eigenvalue weighted by atomic mass is 35.5. The smallest absolute Gasteiger partial charge is 0.243 e. The molecule has 18 heavy (non-hydrogen) atoms. The predicted octanol–water partition coefficient (Wildman–Crippen LogP) is 0.981. The van der Waals surface area contributed by atoms with Crippen molar-refractivity contribution in [3.63, 3.8) is 0 Å². The van der Waals surface area contributed by atoms with Crippen molar-refractivity contribution < 1.29 is 17.2 Å². The van der Waals surface area contributed by atoms with Gasteiger partial charge < -0.3 is 5.32 Å². The largest absolute Gasteiger partial charge is 0.314 e. The van der Waals surface area contributed by atoms with Crippen LogP contribution in [0.2, 0.25) is 0 Å². The van der Waals surface area contributed by atoms with Gasteiger partial charge in [0.15, 0.2) is 0 Å². The van der Waals surface area contributed by atoms with Crippen LogP contribution in [0.3, 0.4) is 0 Å². The second kappa shape index (κ2) is 5.92. The van der Waals surface area contributed by atoms with Crippen molar-refractivity contribution in [2.45, 2.75) is 4.90 Å². The van der Waals surface area contributed by atoms with Crippen molar-refractivity contribution in [3.8, 4) is 0 Å². The Morgan fingerprint density at radius 3 is 2.06 bits per heavy atom. The zero-order valence-electron chi connectivity index (χ0n) is 9.40. The first kappa shape index (κ1) is 15.3. The lowest BCUT2D eigenvalue weighted by Gasteiger charge is -2.26. The van der Waals surface area contributed by atoms with Gasteiger partial charge in [-0.3, -0.25) is 0 Å². The van der Waals surface area contributed by atoms with Crippen molar-refractivity contribution in [3.05, 3.63) is 29.8 Å². The maximum Gasteiger partial charge on any atom is 0.243 e. The van der Waals surface area contributed by atoms with Gasteiger partial charge in [0.1, 0.15) is 11.6 Å². The molecule has 4 nitrogen and oxygen atoms in total. The Morgan fingerprint density at radius 1 is 1.06 bits per heavy atom. The van der Waals surface area contributed by atoms with Crippen LogP contribution >= 0.6 is 12.4 Å². The van der Waals surface area contributed by atoms with Gasteiger partial charge in [-0.1, -0.05) is 0 Å². The molecule has 1 aliphatic rings. The second-order valence-corrected chi connectivity index (χ2v) is 5.70. The first-order chi connectivity index (χ1) is 8.00.